The second-order valence-corrected chi connectivity index (χ2v) is 4.06. The monoisotopic (exact) mass is 252 g/mol. The Morgan fingerprint density at radius 2 is 2.17 bits per heavy atom. The van der Waals surface area contributed by atoms with Crippen LogP contribution in [0.3, 0.4) is 0 Å². The van der Waals surface area contributed by atoms with Gasteiger partial charge in [-0.3, -0.25) is 4.79 Å². The van der Waals surface area contributed by atoms with Gasteiger partial charge in [0.25, 0.3) is 0 Å². The maximum Gasteiger partial charge on any atom is 0.241 e. The molecule has 0 heterocycles. The molecule has 1 aromatic carbocycles. The number of anilines is 1. The summed E-state index contributed by atoms with van der Waals surface area (Å²) in [6, 6.07) is 4.89. The zero-order chi connectivity index (χ0) is 13.5. The number of ether oxygens (including phenoxy) is 2. The Bertz CT molecular complexity index is 407. The molecule has 0 fully saturated rings. The number of benzene rings is 1. The van der Waals surface area contributed by atoms with E-state index in [1.165, 1.54) is 0 Å². The lowest BCUT2D eigenvalue weighted by atomic mass is 10.1. The fourth-order valence-electron chi connectivity index (χ4n) is 1.50. The van der Waals surface area contributed by atoms with Gasteiger partial charge < -0.3 is 20.5 Å². The van der Waals surface area contributed by atoms with E-state index in [9.17, 15) is 4.79 Å². The molecule has 0 saturated heterocycles. The SMILES string of the molecule is COCCC(N)C(=O)Nc1ccc(OC)cc1C. The van der Waals surface area contributed by atoms with E-state index >= 15 is 0 Å². The van der Waals surface area contributed by atoms with Crippen molar-refractivity contribution in [3.05, 3.63) is 23.8 Å². The van der Waals surface area contributed by atoms with Crippen molar-refractivity contribution in [2.45, 2.75) is 19.4 Å². The number of hydrogen-bond donors (Lipinski definition) is 2. The van der Waals surface area contributed by atoms with Crippen molar-refractivity contribution in [1.29, 1.82) is 0 Å². The number of hydrogen-bond acceptors (Lipinski definition) is 4. The van der Waals surface area contributed by atoms with Crippen LogP contribution in [-0.2, 0) is 9.53 Å². The van der Waals surface area contributed by atoms with E-state index in [2.05, 4.69) is 5.32 Å². The second kappa shape index (κ2) is 6.98. The van der Waals surface area contributed by atoms with Crippen molar-refractivity contribution in [3.8, 4) is 5.75 Å². The van der Waals surface area contributed by atoms with E-state index in [-0.39, 0.29) is 5.91 Å². The van der Waals surface area contributed by atoms with Crippen LogP contribution in [0.25, 0.3) is 0 Å². The maximum atomic E-state index is 11.8. The van der Waals surface area contributed by atoms with Gasteiger partial charge in [0.2, 0.25) is 5.91 Å². The lowest BCUT2D eigenvalue weighted by molar-refractivity contribution is -0.117. The first-order valence-electron chi connectivity index (χ1n) is 5.78. The van der Waals surface area contributed by atoms with Gasteiger partial charge in [0.15, 0.2) is 0 Å². The van der Waals surface area contributed by atoms with E-state index < -0.39 is 6.04 Å². The van der Waals surface area contributed by atoms with Crippen LogP contribution in [-0.4, -0.2) is 32.8 Å². The van der Waals surface area contributed by atoms with E-state index in [1.54, 1.807) is 26.4 Å². The summed E-state index contributed by atoms with van der Waals surface area (Å²) in [5.74, 6) is 0.550. The molecule has 0 aliphatic carbocycles. The molecule has 0 aliphatic rings. The third kappa shape index (κ3) is 4.01. The molecule has 1 rings (SSSR count). The lowest BCUT2D eigenvalue weighted by Crippen LogP contribution is -2.36. The highest BCUT2D eigenvalue weighted by molar-refractivity contribution is 5.95. The van der Waals surface area contributed by atoms with Crippen LogP contribution in [0.15, 0.2) is 18.2 Å². The zero-order valence-electron chi connectivity index (χ0n) is 11.0. The van der Waals surface area contributed by atoms with Crippen molar-refractivity contribution in [2.24, 2.45) is 5.73 Å². The summed E-state index contributed by atoms with van der Waals surface area (Å²) in [5.41, 5.74) is 7.42. The predicted octanol–water partition coefficient (Wildman–Crippen LogP) is 1.31. The van der Waals surface area contributed by atoms with Gasteiger partial charge in [-0.1, -0.05) is 0 Å². The smallest absolute Gasteiger partial charge is 0.241 e. The normalized spacial score (nSPS) is 12.0. The van der Waals surface area contributed by atoms with Gasteiger partial charge in [-0.05, 0) is 37.1 Å². The van der Waals surface area contributed by atoms with Crippen LogP contribution < -0.4 is 15.8 Å². The van der Waals surface area contributed by atoms with Gasteiger partial charge >= 0.3 is 0 Å². The average Bonchev–Trinajstić information content (AvgIpc) is 2.38. The average molecular weight is 252 g/mol. The van der Waals surface area contributed by atoms with Crippen LogP contribution in [0.2, 0.25) is 0 Å². The number of carbonyl (C=O) groups is 1. The minimum Gasteiger partial charge on any atom is -0.497 e. The van der Waals surface area contributed by atoms with Gasteiger partial charge in [-0.2, -0.15) is 0 Å². The van der Waals surface area contributed by atoms with E-state index in [4.69, 9.17) is 15.2 Å². The highest BCUT2D eigenvalue weighted by atomic mass is 16.5. The third-order valence-electron chi connectivity index (χ3n) is 2.66. The molecule has 5 nitrogen and oxygen atoms in total. The third-order valence-corrected chi connectivity index (χ3v) is 2.66. The van der Waals surface area contributed by atoms with Crippen molar-refractivity contribution >= 4 is 11.6 Å². The summed E-state index contributed by atoms with van der Waals surface area (Å²) >= 11 is 0. The standard InChI is InChI=1S/C13H20N2O3/c1-9-8-10(18-3)4-5-12(9)15-13(16)11(14)6-7-17-2/h4-5,8,11H,6-7,14H2,1-3H3,(H,15,16). The molecule has 0 aromatic heterocycles. The number of methoxy groups -OCH3 is 2. The fourth-order valence-corrected chi connectivity index (χ4v) is 1.50. The molecule has 0 saturated carbocycles. The molecular weight excluding hydrogens is 232 g/mol. The van der Waals surface area contributed by atoms with Crippen molar-refractivity contribution in [3.63, 3.8) is 0 Å². The minimum absolute atomic E-state index is 0.208. The fraction of sp³-hybridized carbons (Fsp3) is 0.462. The first kappa shape index (κ1) is 14.5. The summed E-state index contributed by atoms with van der Waals surface area (Å²) in [4.78, 5) is 11.8. The number of aryl methyl sites for hydroxylation is 1. The Balaban J connectivity index is 2.64. The molecule has 1 aromatic rings. The lowest BCUT2D eigenvalue weighted by Gasteiger charge is -2.14. The van der Waals surface area contributed by atoms with Gasteiger partial charge in [-0.15, -0.1) is 0 Å². The van der Waals surface area contributed by atoms with Crippen LogP contribution in [0.4, 0.5) is 5.69 Å². The summed E-state index contributed by atoms with van der Waals surface area (Å²) in [7, 11) is 3.19. The Morgan fingerprint density at radius 1 is 1.44 bits per heavy atom. The molecule has 5 heteroatoms. The molecule has 0 radical (unpaired) electrons. The van der Waals surface area contributed by atoms with Gasteiger partial charge in [0, 0.05) is 19.4 Å². The Kier molecular flexibility index (Phi) is 5.61. The summed E-state index contributed by atoms with van der Waals surface area (Å²) < 4.78 is 9.99. The summed E-state index contributed by atoms with van der Waals surface area (Å²) in [6.45, 7) is 2.37. The molecule has 1 unspecified atom stereocenters. The molecule has 0 aliphatic heterocycles. The molecule has 100 valence electrons. The number of rotatable bonds is 6. The maximum absolute atomic E-state index is 11.8. The minimum atomic E-state index is -0.563. The first-order valence-corrected chi connectivity index (χ1v) is 5.78. The number of amides is 1. The van der Waals surface area contributed by atoms with E-state index in [1.807, 2.05) is 13.0 Å². The largest absolute Gasteiger partial charge is 0.497 e. The van der Waals surface area contributed by atoms with Crippen LogP contribution >= 0.6 is 0 Å². The Morgan fingerprint density at radius 3 is 2.72 bits per heavy atom. The second-order valence-electron chi connectivity index (χ2n) is 4.06. The number of nitrogens with one attached hydrogen (secondary N) is 1. The molecule has 3 N–H and O–H groups in total. The molecular formula is C13H20N2O3. The summed E-state index contributed by atoms with van der Waals surface area (Å²) in [6.07, 6.45) is 0.498. The zero-order valence-corrected chi connectivity index (χ0v) is 11.0. The van der Waals surface area contributed by atoms with Crippen molar-refractivity contribution < 1.29 is 14.3 Å². The molecule has 18 heavy (non-hydrogen) atoms. The first-order chi connectivity index (χ1) is 8.58. The van der Waals surface area contributed by atoms with E-state index in [0.717, 1.165) is 17.0 Å². The number of carbonyl (C=O) groups excluding carboxylic acids is 1. The number of nitrogens with two attached hydrogens (primary N) is 1. The Hall–Kier alpha value is -1.59. The van der Waals surface area contributed by atoms with Crippen LogP contribution in [0.5, 0.6) is 5.75 Å². The van der Waals surface area contributed by atoms with Crippen LogP contribution in [0, 0.1) is 6.92 Å². The van der Waals surface area contributed by atoms with E-state index in [0.29, 0.717) is 13.0 Å². The predicted molar refractivity (Wildman–Crippen MR) is 70.8 cm³/mol. The molecule has 0 spiro atoms. The topological polar surface area (TPSA) is 73.6 Å². The van der Waals surface area contributed by atoms with Crippen molar-refractivity contribution in [2.75, 3.05) is 26.1 Å². The molecule has 1 atom stereocenters. The van der Waals surface area contributed by atoms with Gasteiger partial charge in [-0.25, -0.2) is 0 Å². The Labute approximate surface area is 107 Å². The van der Waals surface area contributed by atoms with Crippen LogP contribution in [0.1, 0.15) is 12.0 Å². The quantitative estimate of drug-likeness (QED) is 0.800. The highest BCUT2D eigenvalue weighted by Crippen LogP contribution is 2.21. The highest BCUT2D eigenvalue weighted by Gasteiger charge is 2.14. The molecule has 1 amide bonds. The molecule has 0 bridgehead atoms. The summed E-state index contributed by atoms with van der Waals surface area (Å²) in [5, 5.41) is 2.80. The van der Waals surface area contributed by atoms with Crippen molar-refractivity contribution in [1.82, 2.24) is 0 Å². The van der Waals surface area contributed by atoms with Gasteiger partial charge in [0.05, 0.1) is 13.2 Å². The van der Waals surface area contributed by atoms with Gasteiger partial charge in [0.1, 0.15) is 5.75 Å².